The van der Waals surface area contributed by atoms with Gasteiger partial charge in [-0.15, -0.1) is 0 Å². The minimum atomic E-state index is -0.309. The number of carbonyl (C=O) groups excluding carboxylic acids is 2. The zero-order chi connectivity index (χ0) is 20.9. The van der Waals surface area contributed by atoms with E-state index in [0.717, 1.165) is 12.0 Å². The summed E-state index contributed by atoms with van der Waals surface area (Å²) in [6, 6.07) is 5.61. The lowest BCUT2D eigenvalue weighted by Gasteiger charge is -2.23. The molecule has 0 aromatic heterocycles. The average Bonchev–Trinajstić information content (AvgIpc) is 3.09. The molecule has 1 aromatic rings. The van der Waals surface area contributed by atoms with Gasteiger partial charge in [0.2, 0.25) is 11.8 Å². The molecule has 2 unspecified atom stereocenters. The van der Waals surface area contributed by atoms with Crippen LogP contribution in [0.3, 0.4) is 0 Å². The third-order valence-corrected chi connectivity index (χ3v) is 5.08. The standard InChI is InChI=1S/C22H34N2O4/c1-7-10-23-21(26)18-14-24(20(25)12-22(2,3)4)13-17(18)16-11-15(27-5)8-9-19(16)28-6/h8-9,11,17-18H,7,10,12-14H2,1-6H3,(H,23,26). The molecule has 1 aliphatic heterocycles. The second-order valence-electron chi connectivity index (χ2n) is 8.65. The highest BCUT2D eigenvalue weighted by Gasteiger charge is 2.42. The second-order valence-corrected chi connectivity index (χ2v) is 8.65. The molecule has 6 heteroatoms. The van der Waals surface area contributed by atoms with Gasteiger partial charge in [0.05, 0.1) is 20.1 Å². The quantitative estimate of drug-likeness (QED) is 0.776. The molecule has 28 heavy (non-hydrogen) atoms. The van der Waals surface area contributed by atoms with E-state index in [1.54, 1.807) is 14.2 Å². The molecule has 2 rings (SSSR count). The van der Waals surface area contributed by atoms with Crippen LogP contribution in [-0.4, -0.2) is 50.6 Å². The van der Waals surface area contributed by atoms with Crippen molar-refractivity contribution in [2.75, 3.05) is 33.9 Å². The van der Waals surface area contributed by atoms with Crippen molar-refractivity contribution in [3.05, 3.63) is 23.8 Å². The minimum Gasteiger partial charge on any atom is -0.497 e. The molecule has 0 aliphatic carbocycles. The molecular formula is C22H34N2O4. The van der Waals surface area contributed by atoms with E-state index in [1.165, 1.54) is 0 Å². The molecule has 0 radical (unpaired) electrons. The summed E-state index contributed by atoms with van der Waals surface area (Å²) >= 11 is 0. The molecule has 0 saturated carbocycles. The molecule has 1 fully saturated rings. The third kappa shape index (κ3) is 5.40. The monoisotopic (exact) mass is 390 g/mol. The van der Waals surface area contributed by atoms with E-state index in [1.807, 2.05) is 30.0 Å². The molecule has 0 spiro atoms. The fraction of sp³-hybridized carbons (Fsp3) is 0.636. The highest BCUT2D eigenvalue weighted by molar-refractivity contribution is 5.83. The summed E-state index contributed by atoms with van der Waals surface area (Å²) in [5.41, 5.74) is 0.813. The molecule has 2 amide bonds. The van der Waals surface area contributed by atoms with Crippen LogP contribution in [-0.2, 0) is 9.59 Å². The normalized spacial score (nSPS) is 19.4. The Morgan fingerprint density at radius 3 is 2.46 bits per heavy atom. The van der Waals surface area contributed by atoms with Crippen LogP contribution in [0, 0.1) is 11.3 Å². The van der Waals surface area contributed by atoms with Crippen LogP contribution in [0.4, 0.5) is 0 Å². The van der Waals surface area contributed by atoms with Gasteiger partial charge >= 0.3 is 0 Å². The van der Waals surface area contributed by atoms with E-state index in [9.17, 15) is 9.59 Å². The van der Waals surface area contributed by atoms with Crippen molar-refractivity contribution < 1.29 is 19.1 Å². The summed E-state index contributed by atoms with van der Waals surface area (Å²) in [5.74, 6) is 1.06. The molecule has 1 aromatic carbocycles. The van der Waals surface area contributed by atoms with E-state index in [4.69, 9.17) is 9.47 Å². The molecular weight excluding hydrogens is 356 g/mol. The Morgan fingerprint density at radius 2 is 1.89 bits per heavy atom. The molecule has 0 bridgehead atoms. The number of likely N-dealkylation sites (tertiary alicyclic amines) is 1. The number of hydrogen-bond acceptors (Lipinski definition) is 4. The van der Waals surface area contributed by atoms with E-state index < -0.39 is 0 Å². The maximum Gasteiger partial charge on any atom is 0.225 e. The van der Waals surface area contributed by atoms with Crippen LogP contribution >= 0.6 is 0 Å². The zero-order valence-electron chi connectivity index (χ0n) is 18.0. The number of carbonyl (C=O) groups is 2. The number of nitrogens with zero attached hydrogens (tertiary/aromatic N) is 1. The topological polar surface area (TPSA) is 67.9 Å². The van der Waals surface area contributed by atoms with Crippen molar-refractivity contribution in [3.8, 4) is 11.5 Å². The molecule has 1 heterocycles. The Morgan fingerprint density at radius 1 is 1.18 bits per heavy atom. The van der Waals surface area contributed by atoms with E-state index in [-0.39, 0.29) is 29.1 Å². The van der Waals surface area contributed by atoms with Crippen molar-refractivity contribution in [1.82, 2.24) is 10.2 Å². The average molecular weight is 391 g/mol. The van der Waals surface area contributed by atoms with Crippen molar-refractivity contribution in [2.45, 2.75) is 46.5 Å². The molecule has 2 atom stereocenters. The minimum absolute atomic E-state index is 0.0113. The van der Waals surface area contributed by atoms with Crippen LogP contribution in [0.1, 0.15) is 52.0 Å². The molecule has 1 aliphatic rings. The molecule has 1 saturated heterocycles. The fourth-order valence-electron chi connectivity index (χ4n) is 3.66. The first-order valence-corrected chi connectivity index (χ1v) is 9.97. The van der Waals surface area contributed by atoms with Crippen LogP contribution < -0.4 is 14.8 Å². The van der Waals surface area contributed by atoms with E-state index >= 15 is 0 Å². The van der Waals surface area contributed by atoms with Crippen molar-refractivity contribution >= 4 is 11.8 Å². The highest BCUT2D eigenvalue weighted by atomic mass is 16.5. The smallest absolute Gasteiger partial charge is 0.225 e. The summed E-state index contributed by atoms with van der Waals surface area (Å²) < 4.78 is 10.9. The summed E-state index contributed by atoms with van der Waals surface area (Å²) in [4.78, 5) is 27.5. The largest absolute Gasteiger partial charge is 0.497 e. The lowest BCUT2D eigenvalue weighted by molar-refractivity contribution is -0.132. The predicted octanol–water partition coefficient (Wildman–Crippen LogP) is 3.21. The van der Waals surface area contributed by atoms with Gasteiger partial charge in [-0.3, -0.25) is 9.59 Å². The predicted molar refractivity (Wildman–Crippen MR) is 110 cm³/mol. The van der Waals surface area contributed by atoms with Gasteiger partial charge in [-0.1, -0.05) is 27.7 Å². The summed E-state index contributed by atoms with van der Waals surface area (Å²) in [6.07, 6.45) is 1.33. The van der Waals surface area contributed by atoms with Crippen LogP contribution in [0.2, 0.25) is 0 Å². The maximum absolute atomic E-state index is 12.9. The summed E-state index contributed by atoms with van der Waals surface area (Å²) in [7, 11) is 3.24. The second kappa shape index (κ2) is 9.30. The SMILES string of the molecule is CCCNC(=O)C1CN(C(=O)CC(C)(C)C)CC1c1cc(OC)ccc1OC. The first kappa shape index (κ1) is 22.1. The van der Waals surface area contributed by atoms with Crippen molar-refractivity contribution in [3.63, 3.8) is 0 Å². The van der Waals surface area contributed by atoms with Gasteiger partial charge in [0.15, 0.2) is 0 Å². The Hall–Kier alpha value is -2.24. The number of amides is 2. The van der Waals surface area contributed by atoms with Gasteiger partial charge in [0, 0.05) is 37.5 Å². The number of nitrogens with one attached hydrogen (secondary N) is 1. The fourth-order valence-corrected chi connectivity index (χ4v) is 3.66. The zero-order valence-corrected chi connectivity index (χ0v) is 18.0. The van der Waals surface area contributed by atoms with Gasteiger partial charge < -0.3 is 19.7 Å². The lowest BCUT2D eigenvalue weighted by Crippen LogP contribution is -2.36. The number of benzene rings is 1. The number of hydrogen-bond donors (Lipinski definition) is 1. The van der Waals surface area contributed by atoms with E-state index in [0.29, 0.717) is 37.6 Å². The number of ether oxygens (including phenoxy) is 2. The van der Waals surface area contributed by atoms with Gasteiger partial charge in [0.1, 0.15) is 11.5 Å². The summed E-state index contributed by atoms with van der Waals surface area (Å²) in [5, 5.41) is 3.00. The Labute approximate surface area is 168 Å². The molecule has 6 nitrogen and oxygen atoms in total. The highest BCUT2D eigenvalue weighted by Crippen LogP contribution is 2.40. The summed E-state index contributed by atoms with van der Waals surface area (Å²) in [6.45, 7) is 9.74. The first-order chi connectivity index (χ1) is 13.2. The van der Waals surface area contributed by atoms with Crippen molar-refractivity contribution in [2.24, 2.45) is 11.3 Å². The van der Waals surface area contributed by atoms with Gasteiger partial charge in [-0.2, -0.15) is 0 Å². The lowest BCUT2D eigenvalue weighted by atomic mass is 9.87. The van der Waals surface area contributed by atoms with Crippen LogP contribution in [0.15, 0.2) is 18.2 Å². The number of methoxy groups -OCH3 is 2. The first-order valence-electron chi connectivity index (χ1n) is 9.97. The Balaban J connectivity index is 2.35. The van der Waals surface area contributed by atoms with Gasteiger partial charge in [-0.25, -0.2) is 0 Å². The Bertz CT molecular complexity index is 696. The van der Waals surface area contributed by atoms with Gasteiger partial charge in [-0.05, 0) is 30.0 Å². The maximum atomic E-state index is 12.9. The van der Waals surface area contributed by atoms with Crippen LogP contribution in [0.25, 0.3) is 0 Å². The molecule has 156 valence electrons. The van der Waals surface area contributed by atoms with E-state index in [2.05, 4.69) is 26.1 Å². The Kier molecular flexibility index (Phi) is 7.33. The molecule has 1 N–H and O–H groups in total. The third-order valence-electron chi connectivity index (χ3n) is 5.08. The number of rotatable bonds is 7. The van der Waals surface area contributed by atoms with Gasteiger partial charge in [0.25, 0.3) is 0 Å². The van der Waals surface area contributed by atoms with Crippen LogP contribution in [0.5, 0.6) is 11.5 Å². The van der Waals surface area contributed by atoms with Crippen molar-refractivity contribution in [1.29, 1.82) is 0 Å².